The maximum Gasteiger partial charge on any atom is 0.414 e. The normalized spacial score (nSPS) is 27.2. The van der Waals surface area contributed by atoms with Gasteiger partial charge in [-0.1, -0.05) is 18.2 Å². The molecule has 4 atom stereocenters. The van der Waals surface area contributed by atoms with Crippen molar-refractivity contribution in [1.29, 1.82) is 0 Å². The number of hydrogen-bond donors (Lipinski definition) is 2. The third-order valence-corrected chi connectivity index (χ3v) is 6.79. The molecule has 2 aromatic carbocycles. The Morgan fingerprint density at radius 1 is 1.24 bits per heavy atom. The molecule has 0 bridgehead atoms. The van der Waals surface area contributed by atoms with E-state index in [0.717, 1.165) is 24.2 Å². The van der Waals surface area contributed by atoms with Crippen LogP contribution in [0.15, 0.2) is 42.5 Å². The molecule has 3 aliphatic rings. The van der Waals surface area contributed by atoms with E-state index >= 15 is 4.39 Å². The van der Waals surface area contributed by atoms with Crippen LogP contribution in [0.25, 0.3) is 16.0 Å². The number of nitrogens with zero attached hydrogens (tertiary/aromatic N) is 2. The van der Waals surface area contributed by atoms with E-state index in [1.807, 2.05) is 18.2 Å². The first-order chi connectivity index (χ1) is 15.4. The first kappa shape index (κ1) is 23.0. The summed E-state index contributed by atoms with van der Waals surface area (Å²) in [4.78, 5) is 28.6. The highest BCUT2D eigenvalue weighted by molar-refractivity contribution is 5.90. The predicted octanol–water partition coefficient (Wildman–Crippen LogP) is 3.34. The number of carbonyl (C=O) groups is 2. The molecular weight excluding hydrogens is 447 g/mol. The molecule has 2 N–H and O–H groups in total. The van der Waals surface area contributed by atoms with Gasteiger partial charge in [-0.05, 0) is 35.4 Å². The number of hydrogen-bond acceptors (Lipinski definition) is 4. The number of anilines is 1. The second kappa shape index (κ2) is 8.65. The minimum absolute atomic E-state index is 0. The van der Waals surface area contributed by atoms with Crippen LogP contribution < -0.4 is 15.5 Å². The van der Waals surface area contributed by atoms with Crippen molar-refractivity contribution in [3.63, 3.8) is 0 Å². The molecule has 5 rings (SSSR count). The highest BCUT2D eigenvalue weighted by atomic mass is 35.5. The third-order valence-electron chi connectivity index (χ3n) is 6.79. The number of benzene rings is 2. The first-order valence-electron chi connectivity index (χ1n) is 10.7. The van der Waals surface area contributed by atoms with E-state index in [2.05, 4.69) is 15.5 Å². The van der Waals surface area contributed by atoms with Gasteiger partial charge in [0.25, 0.3) is 5.54 Å². The quantitative estimate of drug-likeness (QED) is 0.657. The van der Waals surface area contributed by atoms with Gasteiger partial charge in [0.1, 0.15) is 11.9 Å². The van der Waals surface area contributed by atoms with Crippen LogP contribution in [-0.2, 0) is 15.1 Å². The van der Waals surface area contributed by atoms with Crippen molar-refractivity contribution >= 4 is 30.1 Å². The maximum atomic E-state index is 15.1. The Balaban J connectivity index is 0.00000259. The van der Waals surface area contributed by atoms with E-state index in [4.69, 9.17) is 11.3 Å². The lowest BCUT2D eigenvalue weighted by molar-refractivity contribution is -0.119. The van der Waals surface area contributed by atoms with E-state index in [1.54, 1.807) is 18.2 Å². The summed E-state index contributed by atoms with van der Waals surface area (Å²) < 4.78 is 20.3. The summed E-state index contributed by atoms with van der Waals surface area (Å²) in [5.41, 5.74) is 1.98. The molecule has 2 amide bonds. The zero-order valence-electron chi connectivity index (χ0n) is 18.0. The van der Waals surface area contributed by atoms with Crippen molar-refractivity contribution in [2.75, 3.05) is 31.1 Å². The summed E-state index contributed by atoms with van der Waals surface area (Å²) in [6.45, 7) is 11.2. The smallest absolute Gasteiger partial charge is 0.414 e. The van der Waals surface area contributed by atoms with Crippen LogP contribution in [0.2, 0.25) is 0 Å². The number of carbonyl (C=O) groups excluding carboxylic acids is 2. The second-order valence-corrected chi connectivity index (χ2v) is 8.60. The molecule has 0 aromatic heterocycles. The molecule has 0 spiro atoms. The number of cyclic esters (lactones) is 1. The van der Waals surface area contributed by atoms with Crippen molar-refractivity contribution in [3.8, 4) is 11.1 Å². The molecule has 0 radical (unpaired) electrons. The van der Waals surface area contributed by atoms with E-state index in [9.17, 15) is 9.59 Å². The lowest BCUT2D eigenvalue weighted by Crippen LogP contribution is -2.33. The molecule has 1 unspecified atom stereocenters. The van der Waals surface area contributed by atoms with E-state index in [1.165, 1.54) is 17.9 Å². The molecule has 2 heterocycles. The SMILES string of the molecule is Cl.[C-]#[N+]C1(c2ccc(-c3ccc(N4C[C@H](CNC(C)=O)OC4=O)cc3)cc2F)[C@@H]2CNC[C@@H]21. The Labute approximate surface area is 197 Å². The van der Waals surface area contributed by atoms with Crippen LogP contribution in [0, 0.1) is 24.2 Å². The summed E-state index contributed by atoms with van der Waals surface area (Å²) >= 11 is 0. The molecular formula is C24H24ClFN4O3. The lowest BCUT2D eigenvalue weighted by atomic mass is 9.96. The zero-order valence-corrected chi connectivity index (χ0v) is 18.8. The van der Waals surface area contributed by atoms with Crippen LogP contribution in [0.1, 0.15) is 12.5 Å². The van der Waals surface area contributed by atoms with Gasteiger partial charge in [-0.25, -0.2) is 15.8 Å². The monoisotopic (exact) mass is 470 g/mol. The van der Waals surface area contributed by atoms with Crippen LogP contribution in [0.5, 0.6) is 0 Å². The van der Waals surface area contributed by atoms with E-state index in [0.29, 0.717) is 17.8 Å². The molecule has 9 heteroatoms. The summed E-state index contributed by atoms with van der Waals surface area (Å²) in [6.07, 6.45) is -0.864. The molecule has 2 saturated heterocycles. The fraction of sp³-hybridized carbons (Fsp3) is 0.375. The highest BCUT2D eigenvalue weighted by Crippen LogP contribution is 2.63. The minimum Gasteiger partial charge on any atom is -0.442 e. The first-order valence-corrected chi connectivity index (χ1v) is 10.7. The molecule has 33 heavy (non-hydrogen) atoms. The fourth-order valence-electron chi connectivity index (χ4n) is 5.09. The number of halogens is 2. The Morgan fingerprint density at radius 3 is 2.52 bits per heavy atom. The van der Waals surface area contributed by atoms with Crippen LogP contribution in [0.4, 0.5) is 14.9 Å². The van der Waals surface area contributed by atoms with Gasteiger partial charge in [0.05, 0.1) is 30.5 Å². The number of piperidine rings is 1. The van der Waals surface area contributed by atoms with Crippen molar-refractivity contribution in [3.05, 3.63) is 65.3 Å². The number of rotatable bonds is 5. The Hall–Kier alpha value is -3.15. The summed E-state index contributed by atoms with van der Waals surface area (Å²) in [6, 6.07) is 12.3. The molecule has 2 aromatic rings. The summed E-state index contributed by atoms with van der Waals surface area (Å²) in [5.74, 6) is -0.143. The van der Waals surface area contributed by atoms with Crippen molar-refractivity contribution < 1.29 is 18.7 Å². The minimum atomic E-state index is -0.721. The van der Waals surface area contributed by atoms with Gasteiger partial charge in [0.15, 0.2) is 0 Å². The topological polar surface area (TPSA) is 75.0 Å². The molecule has 2 aliphatic heterocycles. The van der Waals surface area contributed by atoms with E-state index < -0.39 is 17.7 Å². The van der Waals surface area contributed by atoms with Crippen molar-refractivity contribution in [1.82, 2.24) is 10.6 Å². The van der Waals surface area contributed by atoms with E-state index in [-0.39, 0.29) is 42.5 Å². The fourth-order valence-corrected chi connectivity index (χ4v) is 5.09. The second-order valence-electron chi connectivity index (χ2n) is 8.60. The zero-order chi connectivity index (χ0) is 22.5. The van der Waals surface area contributed by atoms with Gasteiger partial charge in [-0.15, -0.1) is 12.4 Å². The van der Waals surface area contributed by atoms with Crippen molar-refractivity contribution in [2.45, 2.75) is 18.6 Å². The summed E-state index contributed by atoms with van der Waals surface area (Å²) in [5, 5.41) is 5.91. The molecule has 1 saturated carbocycles. The summed E-state index contributed by atoms with van der Waals surface area (Å²) in [7, 11) is 0. The predicted molar refractivity (Wildman–Crippen MR) is 124 cm³/mol. The highest BCUT2D eigenvalue weighted by Gasteiger charge is 2.76. The molecule has 1 aliphatic carbocycles. The standard InChI is InChI=1S/C24H23FN4O3.ClH/c1-14(30)28-10-18-13-29(23(31)32-18)17-6-3-15(4-7-17)16-5-8-19(22(25)9-16)24(26-2)20-11-27-12-21(20)24;/h3-9,18,20-21,27H,10-13H2,1H3,(H,28,30);1H/t18-,20-,21+,24?;/m0./s1. The van der Waals surface area contributed by atoms with Gasteiger partial charge < -0.3 is 20.2 Å². The number of ether oxygens (including phenoxy) is 1. The van der Waals surface area contributed by atoms with Gasteiger partial charge in [0, 0.05) is 25.7 Å². The van der Waals surface area contributed by atoms with Crippen LogP contribution >= 0.6 is 12.4 Å². The van der Waals surface area contributed by atoms with Gasteiger partial charge in [-0.3, -0.25) is 9.69 Å². The average Bonchev–Trinajstić information content (AvgIpc) is 3.11. The van der Waals surface area contributed by atoms with Crippen molar-refractivity contribution in [2.24, 2.45) is 11.8 Å². The largest absolute Gasteiger partial charge is 0.442 e. The number of amides is 2. The van der Waals surface area contributed by atoms with Crippen LogP contribution in [0.3, 0.4) is 0 Å². The Morgan fingerprint density at radius 2 is 1.91 bits per heavy atom. The average molecular weight is 471 g/mol. The lowest BCUT2D eigenvalue weighted by Gasteiger charge is -2.15. The number of fused-ring (bicyclic) bond motifs is 1. The molecule has 172 valence electrons. The van der Waals surface area contributed by atoms with Crippen LogP contribution in [-0.4, -0.2) is 44.3 Å². The van der Waals surface area contributed by atoms with Gasteiger partial charge in [0.2, 0.25) is 5.91 Å². The number of nitrogens with one attached hydrogen (secondary N) is 2. The maximum absolute atomic E-state index is 15.1. The molecule has 7 nitrogen and oxygen atoms in total. The molecule has 3 fully saturated rings. The third kappa shape index (κ3) is 3.81. The van der Waals surface area contributed by atoms with Gasteiger partial charge in [-0.2, -0.15) is 0 Å². The van der Waals surface area contributed by atoms with Gasteiger partial charge >= 0.3 is 6.09 Å². The Kier molecular flexibility index (Phi) is 6.04. The Bertz CT molecular complexity index is 1120.